The SMILES string of the molecule is CS(=O)(=O)N[C@]1(c2c(CCNc3ncnc4nc[nH]c34)cc(Cl)c3cccnc23)CCNC1.O=C(O)C(F)(F)F.O=C(O)C(F)(F)F.O=C(O)C(F)(F)F. The van der Waals surface area contributed by atoms with Gasteiger partial charge in [-0.3, -0.25) is 4.98 Å². The van der Waals surface area contributed by atoms with Gasteiger partial charge >= 0.3 is 36.4 Å². The summed E-state index contributed by atoms with van der Waals surface area (Å²) in [5, 5.41) is 29.4. The van der Waals surface area contributed by atoms with Gasteiger partial charge in [0.2, 0.25) is 10.0 Å². The summed E-state index contributed by atoms with van der Waals surface area (Å²) in [6, 6.07) is 5.65. The Morgan fingerprint density at radius 3 is 1.96 bits per heavy atom. The molecule has 1 aromatic carbocycles. The molecule has 1 fully saturated rings. The van der Waals surface area contributed by atoms with E-state index in [9.17, 15) is 47.9 Å². The third-order valence-corrected chi connectivity index (χ3v) is 7.65. The molecule has 298 valence electrons. The number of rotatable bonds is 7. The Morgan fingerprint density at radius 1 is 0.926 bits per heavy atom. The molecule has 27 heteroatoms. The Kier molecular flexibility index (Phi) is 14.9. The minimum Gasteiger partial charge on any atom is -0.475 e. The van der Waals surface area contributed by atoms with E-state index >= 15 is 0 Å². The maximum absolute atomic E-state index is 12.4. The van der Waals surface area contributed by atoms with E-state index in [1.54, 1.807) is 12.5 Å². The van der Waals surface area contributed by atoms with Crippen LogP contribution in [0.5, 0.6) is 0 Å². The average Bonchev–Trinajstić information content (AvgIpc) is 3.71. The summed E-state index contributed by atoms with van der Waals surface area (Å²) in [5.41, 5.74) is 2.98. The number of benzene rings is 1. The van der Waals surface area contributed by atoms with Crippen LogP contribution < -0.4 is 15.4 Å². The lowest BCUT2D eigenvalue weighted by atomic mass is 9.83. The van der Waals surface area contributed by atoms with Crippen LogP contribution in [0.2, 0.25) is 5.02 Å². The number of halogens is 10. The Morgan fingerprint density at radius 2 is 1.48 bits per heavy atom. The van der Waals surface area contributed by atoms with Crippen molar-refractivity contribution < 1.29 is 77.6 Å². The molecule has 1 atom stereocenters. The number of H-pyrrole nitrogens is 1. The first-order chi connectivity index (χ1) is 24.7. The number of carbonyl (C=O) groups is 3. The number of fused-ring (bicyclic) bond motifs is 2. The van der Waals surface area contributed by atoms with Crippen LogP contribution in [0.4, 0.5) is 45.3 Å². The lowest BCUT2D eigenvalue weighted by Crippen LogP contribution is -2.48. The highest BCUT2D eigenvalue weighted by Crippen LogP contribution is 2.39. The van der Waals surface area contributed by atoms with Gasteiger partial charge in [-0.25, -0.2) is 42.5 Å². The highest BCUT2D eigenvalue weighted by atomic mass is 35.5. The van der Waals surface area contributed by atoms with E-state index in [1.165, 1.54) is 12.6 Å². The molecule has 1 aliphatic heterocycles. The topological polar surface area (TPSA) is 249 Å². The zero-order valence-electron chi connectivity index (χ0n) is 26.9. The van der Waals surface area contributed by atoms with Crippen LogP contribution in [0.1, 0.15) is 17.5 Å². The molecule has 16 nitrogen and oxygen atoms in total. The molecule has 54 heavy (non-hydrogen) atoms. The third kappa shape index (κ3) is 13.1. The van der Waals surface area contributed by atoms with Crippen LogP contribution >= 0.6 is 11.6 Å². The number of nitrogens with one attached hydrogen (secondary N) is 4. The first-order valence-electron chi connectivity index (χ1n) is 14.2. The molecule has 5 rings (SSSR count). The summed E-state index contributed by atoms with van der Waals surface area (Å²) in [4.78, 5) is 46.9. The number of carboxylic acids is 3. The number of aromatic amines is 1. The van der Waals surface area contributed by atoms with Crippen LogP contribution in [0.25, 0.3) is 22.1 Å². The van der Waals surface area contributed by atoms with E-state index in [0.717, 1.165) is 22.0 Å². The van der Waals surface area contributed by atoms with E-state index in [2.05, 4.69) is 40.3 Å². The van der Waals surface area contributed by atoms with Crippen molar-refractivity contribution in [2.45, 2.75) is 36.9 Å². The summed E-state index contributed by atoms with van der Waals surface area (Å²) >= 11 is 6.63. The predicted octanol–water partition coefficient (Wildman–Crippen LogP) is 3.85. The molecular formula is C27H26ClF9N8O8S. The Labute approximate surface area is 301 Å². The molecule has 0 unspecified atom stereocenters. The number of pyridine rings is 1. The Balaban J connectivity index is 0.000000393. The van der Waals surface area contributed by atoms with Crippen LogP contribution in [-0.4, -0.2) is 111 Å². The number of nitrogens with zero attached hydrogens (tertiary/aromatic N) is 4. The van der Waals surface area contributed by atoms with Crippen molar-refractivity contribution in [2.75, 3.05) is 31.2 Å². The number of carboxylic acid groups (broad SMARTS) is 3. The first kappa shape index (κ1) is 45.1. The molecule has 4 heterocycles. The fourth-order valence-corrected chi connectivity index (χ4v) is 5.87. The van der Waals surface area contributed by atoms with Crippen molar-refractivity contribution in [1.29, 1.82) is 0 Å². The van der Waals surface area contributed by atoms with Crippen LogP contribution in [0, 0.1) is 0 Å². The highest BCUT2D eigenvalue weighted by molar-refractivity contribution is 7.88. The summed E-state index contributed by atoms with van der Waals surface area (Å²) in [5.74, 6) is -7.62. The van der Waals surface area contributed by atoms with Crippen molar-refractivity contribution in [3.63, 3.8) is 0 Å². The maximum atomic E-state index is 12.4. The number of anilines is 1. The summed E-state index contributed by atoms with van der Waals surface area (Å²) < 4.78 is 123. The molecule has 3 aromatic heterocycles. The minimum atomic E-state index is -5.08. The Bertz CT molecular complexity index is 2000. The zero-order chi connectivity index (χ0) is 41.3. The summed E-state index contributed by atoms with van der Waals surface area (Å²) in [6.45, 7) is 1.69. The van der Waals surface area contributed by atoms with E-state index in [-0.39, 0.29) is 0 Å². The number of alkyl halides is 9. The number of aromatic nitrogens is 5. The quantitative estimate of drug-likeness (QED) is 0.131. The molecule has 1 aliphatic rings. The van der Waals surface area contributed by atoms with Gasteiger partial charge in [0, 0.05) is 30.2 Å². The number of sulfonamides is 1. The van der Waals surface area contributed by atoms with E-state index in [1.807, 2.05) is 18.2 Å². The second-order valence-corrected chi connectivity index (χ2v) is 12.7. The summed E-state index contributed by atoms with van der Waals surface area (Å²) in [6.07, 6.45) is -8.14. The van der Waals surface area contributed by atoms with Gasteiger partial charge in [0.25, 0.3) is 0 Å². The fourth-order valence-electron chi connectivity index (χ4n) is 4.60. The van der Waals surface area contributed by atoms with E-state index < -0.39 is 52.0 Å². The van der Waals surface area contributed by atoms with Crippen LogP contribution in [0.15, 0.2) is 37.1 Å². The zero-order valence-corrected chi connectivity index (χ0v) is 28.4. The molecule has 0 spiro atoms. The third-order valence-electron chi connectivity index (χ3n) is 6.58. The smallest absolute Gasteiger partial charge is 0.475 e. The van der Waals surface area contributed by atoms with Gasteiger partial charge in [-0.15, -0.1) is 0 Å². The van der Waals surface area contributed by atoms with Gasteiger partial charge in [-0.1, -0.05) is 11.6 Å². The molecular weight excluding hydrogens is 803 g/mol. The second-order valence-electron chi connectivity index (χ2n) is 10.6. The van der Waals surface area contributed by atoms with Crippen molar-refractivity contribution in [2.24, 2.45) is 0 Å². The molecule has 0 amide bonds. The molecule has 0 bridgehead atoms. The standard InChI is InChI=1S/C21H23ClN8O2S.3C2HF3O2/c1-33(31,32)30-21(5-8-23-10-21)16-13(9-15(22)14-3-2-6-24-17(14)16)4-7-25-19-18-20(27-11-26-18)29-12-28-19;3*3-2(4,5)1(6)7/h2-3,6,9,11-12,23,30H,4-5,7-8,10H2,1H3,(H2,25,26,27,28,29);3*(H,6,7)/t21-;;;/m1.../s1. The second kappa shape index (κ2) is 17.8. The van der Waals surface area contributed by atoms with E-state index in [0.29, 0.717) is 54.5 Å². The van der Waals surface area contributed by atoms with Gasteiger partial charge in [0.05, 0.1) is 28.7 Å². The number of imidazole rings is 1. The van der Waals surface area contributed by atoms with E-state index in [4.69, 9.17) is 41.3 Å². The maximum Gasteiger partial charge on any atom is 0.490 e. The van der Waals surface area contributed by atoms with Crippen molar-refractivity contribution in [3.05, 3.63) is 53.2 Å². The highest BCUT2D eigenvalue weighted by Gasteiger charge is 2.42. The fraction of sp³-hybridized carbons (Fsp3) is 0.370. The first-order valence-corrected chi connectivity index (χ1v) is 16.5. The van der Waals surface area contributed by atoms with Gasteiger partial charge in [-0.2, -0.15) is 39.5 Å². The van der Waals surface area contributed by atoms with Crippen molar-refractivity contribution in [3.8, 4) is 0 Å². The average molecular weight is 829 g/mol. The lowest BCUT2D eigenvalue weighted by molar-refractivity contribution is -0.193. The normalized spacial score (nSPS) is 15.9. The predicted molar refractivity (Wildman–Crippen MR) is 169 cm³/mol. The molecule has 0 radical (unpaired) electrons. The Hall–Kier alpha value is -5.08. The number of hydrogen-bond donors (Lipinski definition) is 7. The largest absolute Gasteiger partial charge is 0.490 e. The van der Waals surface area contributed by atoms with Crippen LogP contribution in [-0.2, 0) is 36.4 Å². The minimum absolute atomic E-state index is 0.467. The number of hydrogen-bond acceptors (Lipinski definition) is 11. The van der Waals surface area contributed by atoms with Gasteiger partial charge in [0.15, 0.2) is 11.5 Å². The monoisotopic (exact) mass is 828 g/mol. The molecule has 4 aromatic rings. The van der Waals surface area contributed by atoms with Gasteiger partial charge in [-0.05, 0) is 43.1 Å². The van der Waals surface area contributed by atoms with Crippen LogP contribution in [0.3, 0.4) is 0 Å². The summed E-state index contributed by atoms with van der Waals surface area (Å²) in [7, 11) is -3.49. The lowest BCUT2D eigenvalue weighted by Gasteiger charge is -2.32. The van der Waals surface area contributed by atoms with Crippen molar-refractivity contribution >= 4 is 67.4 Å². The molecule has 0 aliphatic carbocycles. The van der Waals surface area contributed by atoms with Gasteiger partial charge in [0.1, 0.15) is 11.8 Å². The number of aliphatic carboxylic acids is 3. The van der Waals surface area contributed by atoms with Crippen molar-refractivity contribution in [1.82, 2.24) is 35.0 Å². The van der Waals surface area contributed by atoms with Gasteiger partial charge < -0.3 is 30.9 Å². The molecule has 1 saturated heterocycles. The molecule has 0 saturated carbocycles. The molecule has 7 N–H and O–H groups in total.